The summed E-state index contributed by atoms with van der Waals surface area (Å²) in [6.07, 6.45) is 0. The molecule has 0 atom stereocenters. The minimum Gasteiger partial charge on any atom is -0.497 e. The van der Waals surface area contributed by atoms with Crippen molar-refractivity contribution >= 4 is 22.2 Å². The van der Waals surface area contributed by atoms with E-state index in [4.69, 9.17) is 17.0 Å². The van der Waals surface area contributed by atoms with E-state index in [1.54, 1.807) is 11.8 Å². The van der Waals surface area contributed by atoms with Crippen molar-refractivity contribution in [1.29, 1.82) is 0 Å². The highest BCUT2D eigenvalue weighted by atomic mass is 32.2. The summed E-state index contributed by atoms with van der Waals surface area (Å²) in [7, 11) is -0.396. The molecule has 11 heteroatoms. The lowest BCUT2D eigenvalue weighted by Crippen LogP contribution is -2.49. The van der Waals surface area contributed by atoms with Gasteiger partial charge in [-0.2, -0.15) is 9.40 Å². The summed E-state index contributed by atoms with van der Waals surface area (Å²) in [5.41, 5.74) is 0.887. The van der Waals surface area contributed by atoms with Crippen molar-refractivity contribution in [1.82, 2.24) is 23.6 Å². The van der Waals surface area contributed by atoms with Crippen molar-refractivity contribution in [2.75, 3.05) is 33.3 Å². The van der Waals surface area contributed by atoms with Crippen LogP contribution in [0.3, 0.4) is 0 Å². The van der Waals surface area contributed by atoms with Crippen LogP contribution in [0.2, 0.25) is 0 Å². The number of hydrogen-bond donors (Lipinski definition) is 0. The maximum Gasteiger partial charge on any atom is 0.246 e. The summed E-state index contributed by atoms with van der Waals surface area (Å²) < 4.78 is 50.4. The SMILES string of the molecule is COc1cccc(-c2nn(CN3CCN(S(=O)(=O)c4ccccc4F)CC3)c(=S)n2C)c1. The first-order valence-corrected chi connectivity index (χ1v) is 11.9. The molecular weight excluding hydrogens is 453 g/mol. The number of piperazine rings is 1. The smallest absolute Gasteiger partial charge is 0.246 e. The molecule has 4 rings (SSSR count). The molecule has 1 saturated heterocycles. The maximum absolute atomic E-state index is 14.0. The van der Waals surface area contributed by atoms with E-state index in [9.17, 15) is 12.8 Å². The van der Waals surface area contributed by atoms with Crippen molar-refractivity contribution in [3.63, 3.8) is 0 Å². The van der Waals surface area contributed by atoms with Crippen molar-refractivity contribution in [2.24, 2.45) is 7.05 Å². The number of sulfonamides is 1. The van der Waals surface area contributed by atoms with E-state index < -0.39 is 15.8 Å². The lowest BCUT2D eigenvalue weighted by atomic mass is 10.2. The number of ether oxygens (including phenoxy) is 1. The molecule has 0 saturated carbocycles. The monoisotopic (exact) mass is 477 g/mol. The molecule has 32 heavy (non-hydrogen) atoms. The molecule has 0 radical (unpaired) electrons. The van der Waals surface area contributed by atoms with Crippen LogP contribution in [0.5, 0.6) is 5.75 Å². The molecule has 0 aliphatic carbocycles. The standard InChI is InChI=1S/C21H24FN5O3S2/c1-24-20(16-6-5-7-17(14-16)30-2)23-27(21(24)31)15-25-10-12-26(13-11-25)32(28,29)19-9-4-3-8-18(19)22/h3-9,14H,10-13,15H2,1-2H3. The molecule has 170 valence electrons. The average Bonchev–Trinajstić information content (AvgIpc) is 3.08. The zero-order valence-corrected chi connectivity index (χ0v) is 19.4. The van der Waals surface area contributed by atoms with Crippen LogP contribution in [0.25, 0.3) is 11.4 Å². The highest BCUT2D eigenvalue weighted by Crippen LogP contribution is 2.23. The van der Waals surface area contributed by atoms with Crippen molar-refractivity contribution in [3.8, 4) is 17.1 Å². The fourth-order valence-electron chi connectivity index (χ4n) is 3.69. The number of methoxy groups -OCH3 is 1. The molecule has 0 amide bonds. The van der Waals surface area contributed by atoms with Crippen molar-refractivity contribution < 1.29 is 17.5 Å². The van der Waals surface area contributed by atoms with Crippen LogP contribution in [0, 0.1) is 10.6 Å². The zero-order valence-electron chi connectivity index (χ0n) is 17.8. The zero-order chi connectivity index (χ0) is 22.9. The van der Waals surface area contributed by atoms with Crippen LogP contribution in [0.1, 0.15) is 0 Å². The number of hydrogen-bond acceptors (Lipinski definition) is 6. The molecular formula is C21H24FN5O3S2. The minimum absolute atomic E-state index is 0.263. The molecule has 2 aromatic carbocycles. The van der Waals surface area contributed by atoms with Gasteiger partial charge in [0.15, 0.2) is 10.6 Å². The topological polar surface area (TPSA) is 72.6 Å². The second-order valence-electron chi connectivity index (χ2n) is 7.49. The summed E-state index contributed by atoms with van der Waals surface area (Å²) >= 11 is 5.56. The van der Waals surface area contributed by atoms with Crippen LogP contribution < -0.4 is 4.74 Å². The summed E-state index contributed by atoms with van der Waals surface area (Å²) in [4.78, 5) is 1.79. The van der Waals surface area contributed by atoms with Gasteiger partial charge in [0.1, 0.15) is 16.5 Å². The first kappa shape index (κ1) is 22.6. The Morgan fingerprint density at radius 1 is 1.09 bits per heavy atom. The van der Waals surface area contributed by atoms with Gasteiger partial charge in [0.05, 0.1) is 13.8 Å². The number of nitrogens with zero attached hydrogens (tertiary/aromatic N) is 5. The Hall–Kier alpha value is -2.60. The number of aromatic nitrogens is 3. The van der Waals surface area contributed by atoms with Gasteiger partial charge < -0.3 is 9.30 Å². The quantitative estimate of drug-likeness (QED) is 0.509. The van der Waals surface area contributed by atoms with Gasteiger partial charge in [-0.05, 0) is 36.5 Å². The molecule has 1 fully saturated rings. The molecule has 2 heterocycles. The normalized spacial score (nSPS) is 15.7. The Morgan fingerprint density at radius 2 is 1.81 bits per heavy atom. The summed E-state index contributed by atoms with van der Waals surface area (Å²) in [5, 5.41) is 4.67. The van der Waals surface area contributed by atoms with Crippen LogP contribution in [-0.4, -0.2) is 65.3 Å². The highest BCUT2D eigenvalue weighted by Gasteiger charge is 2.30. The van der Waals surface area contributed by atoms with E-state index in [-0.39, 0.29) is 18.0 Å². The van der Waals surface area contributed by atoms with E-state index in [0.29, 0.717) is 24.5 Å². The fourth-order valence-corrected chi connectivity index (χ4v) is 5.36. The Morgan fingerprint density at radius 3 is 2.50 bits per heavy atom. The van der Waals surface area contributed by atoms with Crippen LogP contribution in [0.15, 0.2) is 53.4 Å². The molecule has 1 aliphatic rings. The van der Waals surface area contributed by atoms with Crippen LogP contribution in [0.4, 0.5) is 4.39 Å². The van der Waals surface area contributed by atoms with Gasteiger partial charge in [0.25, 0.3) is 0 Å². The van der Waals surface area contributed by atoms with Gasteiger partial charge in [0, 0.05) is 38.8 Å². The van der Waals surface area contributed by atoms with Gasteiger partial charge in [-0.1, -0.05) is 24.3 Å². The van der Waals surface area contributed by atoms with Gasteiger partial charge in [-0.3, -0.25) is 4.90 Å². The van der Waals surface area contributed by atoms with Gasteiger partial charge >= 0.3 is 0 Å². The average molecular weight is 478 g/mol. The minimum atomic E-state index is -3.87. The van der Waals surface area contributed by atoms with E-state index in [1.165, 1.54) is 22.5 Å². The van der Waals surface area contributed by atoms with Gasteiger partial charge in [0.2, 0.25) is 10.0 Å². The van der Waals surface area contributed by atoms with Gasteiger partial charge in [-0.25, -0.2) is 17.5 Å². The van der Waals surface area contributed by atoms with Crippen molar-refractivity contribution in [3.05, 3.63) is 59.1 Å². The van der Waals surface area contributed by atoms with E-state index in [1.807, 2.05) is 35.9 Å². The fraction of sp³-hybridized carbons (Fsp3) is 0.333. The van der Waals surface area contributed by atoms with E-state index in [0.717, 1.165) is 23.2 Å². The van der Waals surface area contributed by atoms with E-state index >= 15 is 0 Å². The van der Waals surface area contributed by atoms with E-state index in [2.05, 4.69) is 10.00 Å². The Kier molecular flexibility index (Phi) is 6.42. The second kappa shape index (κ2) is 9.10. The molecule has 3 aromatic rings. The highest BCUT2D eigenvalue weighted by molar-refractivity contribution is 7.89. The molecule has 1 aromatic heterocycles. The number of rotatable bonds is 6. The molecule has 0 bridgehead atoms. The third-order valence-corrected chi connectivity index (χ3v) is 7.90. The first-order valence-electron chi connectivity index (χ1n) is 10.1. The van der Waals surface area contributed by atoms with Crippen LogP contribution in [-0.2, 0) is 23.7 Å². The molecule has 0 unspecified atom stereocenters. The number of halogens is 1. The van der Waals surface area contributed by atoms with Crippen LogP contribution >= 0.6 is 12.2 Å². The molecule has 0 N–H and O–H groups in total. The predicted molar refractivity (Wildman–Crippen MR) is 121 cm³/mol. The summed E-state index contributed by atoms with van der Waals surface area (Å²) in [5.74, 6) is 0.713. The predicted octanol–water partition coefficient (Wildman–Crippen LogP) is 2.73. The Labute approximate surface area is 191 Å². The molecule has 0 spiro atoms. The lowest BCUT2D eigenvalue weighted by Gasteiger charge is -2.33. The Balaban J connectivity index is 1.47. The third kappa shape index (κ3) is 4.33. The number of benzene rings is 2. The van der Waals surface area contributed by atoms with Crippen molar-refractivity contribution in [2.45, 2.75) is 11.6 Å². The summed E-state index contributed by atoms with van der Waals surface area (Å²) in [6, 6.07) is 13.0. The third-order valence-electron chi connectivity index (χ3n) is 5.49. The summed E-state index contributed by atoms with van der Waals surface area (Å²) in [6.45, 7) is 1.93. The maximum atomic E-state index is 14.0. The first-order chi connectivity index (χ1) is 15.3. The Bertz CT molecular complexity index is 1280. The lowest BCUT2D eigenvalue weighted by molar-refractivity contribution is 0.144. The van der Waals surface area contributed by atoms with Gasteiger partial charge in [-0.15, -0.1) is 0 Å². The molecule has 8 nitrogen and oxygen atoms in total. The largest absolute Gasteiger partial charge is 0.497 e. The molecule has 1 aliphatic heterocycles. The second-order valence-corrected chi connectivity index (χ2v) is 9.76.